The van der Waals surface area contributed by atoms with Crippen molar-refractivity contribution in [3.63, 3.8) is 0 Å². The van der Waals surface area contributed by atoms with Crippen LogP contribution in [0.3, 0.4) is 0 Å². The number of nitrogens with one attached hydrogen (secondary N) is 2. The van der Waals surface area contributed by atoms with Gasteiger partial charge < -0.3 is 5.32 Å². The monoisotopic (exact) mass is 469 g/mol. The topological polar surface area (TPSA) is 97.6 Å². The molecule has 0 aliphatic heterocycles. The van der Waals surface area contributed by atoms with Gasteiger partial charge in [-0.1, -0.05) is 41.4 Å². The van der Waals surface area contributed by atoms with Gasteiger partial charge in [-0.05, 0) is 55.8 Å². The van der Waals surface area contributed by atoms with Crippen molar-refractivity contribution in [1.29, 1.82) is 0 Å². The first-order chi connectivity index (χ1) is 16.5. The molecule has 34 heavy (non-hydrogen) atoms. The Bertz CT molecular complexity index is 1490. The number of benzene rings is 2. The second kappa shape index (κ2) is 8.92. The average molecular weight is 470 g/mol. The van der Waals surface area contributed by atoms with E-state index in [9.17, 15) is 4.79 Å². The molecule has 3 heterocycles. The number of aromatic nitrogens is 5. The summed E-state index contributed by atoms with van der Waals surface area (Å²) < 4.78 is 1.73. The van der Waals surface area contributed by atoms with Crippen molar-refractivity contribution in [2.75, 3.05) is 10.6 Å². The number of amides is 2. The highest BCUT2D eigenvalue weighted by Gasteiger charge is 2.11. The van der Waals surface area contributed by atoms with Crippen molar-refractivity contribution in [3.8, 4) is 17.1 Å². The molecule has 3 aromatic heterocycles. The number of urea groups is 1. The Kier molecular flexibility index (Phi) is 5.65. The van der Waals surface area contributed by atoms with Gasteiger partial charge in [0.15, 0.2) is 11.5 Å². The highest BCUT2D eigenvalue weighted by Crippen LogP contribution is 2.26. The smallest absolute Gasteiger partial charge is 0.306 e. The largest absolute Gasteiger partial charge is 0.324 e. The summed E-state index contributed by atoms with van der Waals surface area (Å²) in [4.78, 5) is 25.7. The second-order valence-electron chi connectivity index (χ2n) is 7.83. The van der Waals surface area contributed by atoms with Gasteiger partial charge in [0.1, 0.15) is 12.1 Å². The number of hydrogen-bond donors (Lipinski definition) is 2. The number of halogens is 1. The number of hydrogen-bond acceptors (Lipinski definition) is 5. The van der Waals surface area contributed by atoms with E-state index in [2.05, 4.69) is 30.7 Å². The number of pyridine rings is 2. The van der Waals surface area contributed by atoms with Crippen LogP contribution in [0.25, 0.3) is 28.1 Å². The third kappa shape index (κ3) is 4.44. The first-order valence-corrected chi connectivity index (χ1v) is 10.9. The van der Waals surface area contributed by atoms with E-state index in [4.69, 9.17) is 11.6 Å². The molecule has 0 saturated heterocycles. The maximum atomic E-state index is 12.4. The van der Waals surface area contributed by atoms with Gasteiger partial charge >= 0.3 is 6.03 Å². The summed E-state index contributed by atoms with van der Waals surface area (Å²) in [6.45, 7) is 3.91. The maximum Gasteiger partial charge on any atom is 0.324 e. The fourth-order valence-electron chi connectivity index (χ4n) is 3.47. The van der Waals surface area contributed by atoms with Gasteiger partial charge in [-0.25, -0.2) is 24.4 Å². The van der Waals surface area contributed by atoms with E-state index in [1.165, 1.54) is 5.56 Å². The Morgan fingerprint density at radius 2 is 1.79 bits per heavy atom. The Balaban J connectivity index is 1.34. The van der Waals surface area contributed by atoms with E-state index in [0.29, 0.717) is 28.0 Å². The Labute approximate surface area is 200 Å². The molecule has 2 amide bonds. The molecule has 0 saturated carbocycles. The van der Waals surface area contributed by atoms with E-state index in [-0.39, 0.29) is 0 Å². The van der Waals surface area contributed by atoms with E-state index >= 15 is 0 Å². The van der Waals surface area contributed by atoms with Crippen LogP contribution in [0.4, 0.5) is 16.3 Å². The molecule has 9 heteroatoms. The lowest BCUT2D eigenvalue weighted by molar-refractivity contribution is 0.262. The van der Waals surface area contributed by atoms with Gasteiger partial charge in [0.05, 0.1) is 16.4 Å². The molecule has 0 unspecified atom stereocenters. The molecule has 0 radical (unpaired) electrons. The fraction of sp³-hybridized carbons (Fsp3) is 0.0800. The zero-order chi connectivity index (χ0) is 23.7. The molecule has 0 aliphatic carbocycles. The normalized spacial score (nSPS) is 10.9. The first-order valence-electron chi connectivity index (χ1n) is 10.6. The predicted molar refractivity (Wildman–Crippen MR) is 133 cm³/mol. The van der Waals surface area contributed by atoms with Crippen molar-refractivity contribution in [2.24, 2.45) is 0 Å². The highest BCUT2D eigenvalue weighted by molar-refractivity contribution is 6.34. The van der Waals surface area contributed by atoms with E-state index in [0.717, 1.165) is 22.2 Å². The average Bonchev–Trinajstić information content (AvgIpc) is 3.32. The highest BCUT2D eigenvalue weighted by atomic mass is 35.5. The van der Waals surface area contributed by atoms with Crippen LogP contribution in [-0.4, -0.2) is 30.8 Å². The first kappa shape index (κ1) is 21.5. The minimum atomic E-state index is -0.439. The SMILES string of the molecule is Cc1ccc(-n2cnc(-c3cnc4nc(NC(=O)Nc5c(C)cccc5Cl)ccc4c3)n2)cc1. The quantitative estimate of drug-likeness (QED) is 0.347. The molecule has 0 fully saturated rings. The summed E-state index contributed by atoms with van der Waals surface area (Å²) in [5, 5.41) is 11.3. The Morgan fingerprint density at radius 1 is 0.971 bits per heavy atom. The van der Waals surface area contributed by atoms with Crippen molar-refractivity contribution in [3.05, 3.63) is 89.3 Å². The van der Waals surface area contributed by atoms with E-state index in [1.54, 1.807) is 29.3 Å². The van der Waals surface area contributed by atoms with Crippen LogP contribution in [-0.2, 0) is 0 Å². The lowest BCUT2D eigenvalue weighted by Crippen LogP contribution is -2.20. The van der Waals surface area contributed by atoms with Crippen molar-refractivity contribution >= 4 is 40.2 Å². The number of carbonyl (C=O) groups excluding carboxylic acids is 1. The predicted octanol–water partition coefficient (Wildman–Crippen LogP) is 5.79. The van der Waals surface area contributed by atoms with Gasteiger partial charge in [0, 0.05) is 17.1 Å². The van der Waals surface area contributed by atoms with Gasteiger partial charge in [0.2, 0.25) is 0 Å². The molecule has 8 nitrogen and oxygen atoms in total. The molecule has 2 aromatic carbocycles. The summed E-state index contributed by atoms with van der Waals surface area (Å²) in [7, 11) is 0. The molecular formula is C25H20ClN7O. The number of carbonyl (C=O) groups is 1. The number of rotatable bonds is 4. The zero-order valence-corrected chi connectivity index (χ0v) is 19.2. The number of nitrogens with zero attached hydrogens (tertiary/aromatic N) is 5. The van der Waals surface area contributed by atoms with E-state index in [1.807, 2.05) is 62.4 Å². The minimum Gasteiger partial charge on any atom is -0.306 e. The molecule has 0 atom stereocenters. The molecule has 5 aromatic rings. The molecule has 0 bridgehead atoms. The van der Waals surface area contributed by atoms with E-state index < -0.39 is 6.03 Å². The van der Waals surface area contributed by atoms with Crippen LogP contribution in [0.5, 0.6) is 0 Å². The fourth-order valence-corrected chi connectivity index (χ4v) is 3.74. The third-order valence-corrected chi connectivity index (χ3v) is 5.61. The zero-order valence-electron chi connectivity index (χ0n) is 18.5. The van der Waals surface area contributed by atoms with Crippen molar-refractivity contribution in [1.82, 2.24) is 24.7 Å². The summed E-state index contributed by atoms with van der Waals surface area (Å²) in [6.07, 6.45) is 3.34. The second-order valence-corrected chi connectivity index (χ2v) is 8.23. The van der Waals surface area contributed by atoms with Crippen LogP contribution in [0.2, 0.25) is 5.02 Å². The summed E-state index contributed by atoms with van der Waals surface area (Å²) in [5.74, 6) is 0.934. The van der Waals surface area contributed by atoms with Crippen LogP contribution in [0.1, 0.15) is 11.1 Å². The standard InChI is InChI=1S/C25H20ClN7O/c1-15-6-9-19(10-7-15)33-14-28-24(32-33)18-12-17-8-11-21(29-23(17)27-13-18)30-25(34)31-22-16(2)4-3-5-20(22)26/h3-14H,1-2H3,(H2,27,29,30,31,34). The number of anilines is 2. The molecule has 5 rings (SSSR count). The van der Waals surface area contributed by atoms with Crippen molar-refractivity contribution in [2.45, 2.75) is 13.8 Å². The van der Waals surface area contributed by atoms with Crippen LogP contribution < -0.4 is 10.6 Å². The number of para-hydroxylation sites is 1. The summed E-state index contributed by atoms with van der Waals surface area (Å²) in [6, 6.07) is 18.5. The molecule has 0 aliphatic rings. The third-order valence-electron chi connectivity index (χ3n) is 5.29. The summed E-state index contributed by atoms with van der Waals surface area (Å²) in [5.41, 5.74) is 4.80. The maximum absolute atomic E-state index is 12.4. The molecule has 2 N–H and O–H groups in total. The number of fused-ring (bicyclic) bond motifs is 1. The molecule has 0 spiro atoms. The van der Waals surface area contributed by atoms with Crippen molar-refractivity contribution < 1.29 is 4.79 Å². The van der Waals surface area contributed by atoms with Gasteiger partial charge in [-0.3, -0.25) is 5.32 Å². The Hall–Kier alpha value is -4.30. The minimum absolute atomic E-state index is 0.372. The van der Waals surface area contributed by atoms with Gasteiger partial charge in [-0.15, -0.1) is 5.10 Å². The Morgan fingerprint density at radius 3 is 2.59 bits per heavy atom. The van der Waals surface area contributed by atoms with Gasteiger partial charge in [0.25, 0.3) is 0 Å². The van der Waals surface area contributed by atoms with Crippen LogP contribution in [0, 0.1) is 13.8 Å². The number of aryl methyl sites for hydroxylation is 2. The lowest BCUT2D eigenvalue weighted by Gasteiger charge is -2.11. The molecule has 168 valence electrons. The van der Waals surface area contributed by atoms with Crippen LogP contribution in [0.15, 0.2) is 73.2 Å². The van der Waals surface area contributed by atoms with Crippen LogP contribution >= 0.6 is 11.6 Å². The van der Waals surface area contributed by atoms with Gasteiger partial charge in [-0.2, -0.15) is 0 Å². The molecular weight excluding hydrogens is 450 g/mol. The lowest BCUT2D eigenvalue weighted by atomic mass is 10.2. The summed E-state index contributed by atoms with van der Waals surface area (Å²) >= 11 is 6.18.